The van der Waals surface area contributed by atoms with Crippen molar-refractivity contribution in [1.82, 2.24) is 4.31 Å². The maximum Gasteiger partial charge on any atom is 0.339 e. The number of hydrogen-bond acceptors (Lipinski definition) is 5. The lowest BCUT2D eigenvalue weighted by molar-refractivity contribution is 0.133. The highest BCUT2D eigenvalue weighted by atomic mass is 32.2. The van der Waals surface area contributed by atoms with Crippen molar-refractivity contribution >= 4 is 10.0 Å². The average Bonchev–Trinajstić information content (AvgIpc) is 2.55. The zero-order valence-corrected chi connectivity index (χ0v) is 14.9. The molecule has 0 unspecified atom stereocenters. The minimum absolute atomic E-state index is 0.0657. The van der Waals surface area contributed by atoms with Crippen molar-refractivity contribution in [2.24, 2.45) is 0 Å². The lowest BCUT2D eigenvalue weighted by Gasteiger charge is -2.34. The third-order valence-electron chi connectivity index (χ3n) is 4.90. The van der Waals surface area contributed by atoms with Gasteiger partial charge in [-0.15, -0.1) is 0 Å². The minimum Gasteiger partial charge on any atom is -0.490 e. The highest BCUT2D eigenvalue weighted by molar-refractivity contribution is 7.89. The van der Waals surface area contributed by atoms with Crippen molar-refractivity contribution in [1.29, 1.82) is 0 Å². The summed E-state index contributed by atoms with van der Waals surface area (Å²) >= 11 is 0. The summed E-state index contributed by atoms with van der Waals surface area (Å²) in [6.07, 6.45) is 5.97. The number of rotatable bonds is 4. The van der Waals surface area contributed by atoms with Crippen molar-refractivity contribution in [2.75, 3.05) is 13.1 Å². The second kappa shape index (κ2) is 7.27. The van der Waals surface area contributed by atoms with E-state index in [-0.39, 0.29) is 11.4 Å². The third-order valence-corrected chi connectivity index (χ3v) is 7.30. The number of sulfonamides is 1. The Balaban J connectivity index is 1.58. The van der Waals surface area contributed by atoms with Crippen LogP contribution in [0.4, 0.5) is 0 Å². The van der Waals surface area contributed by atoms with Gasteiger partial charge in [-0.1, -0.05) is 19.3 Å². The molecule has 24 heavy (non-hydrogen) atoms. The van der Waals surface area contributed by atoms with E-state index in [1.807, 2.05) is 0 Å². The Hall–Kier alpha value is -1.34. The van der Waals surface area contributed by atoms with Crippen LogP contribution in [0.25, 0.3) is 0 Å². The van der Waals surface area contributed by atoms with Gasteiger partial charge in [0, 0.05) is 19.2 Å². The van der Waals surface area contributed by atoms with E-state index in [1.165, 1.54) is 6.07 Å². The van der Waals surface area contributed by atoms with E-state index in [4.69, 9.17) is 9.15 Å². The first-order chi connectivity index (χ1) is 11.4. The summed E-state index contributed by atoms with van der Waals surface area (Å²) in [5.74, 6) is 1.01. The van der Waals surface area contributed by atoms with Crippen LogP contribution in [-0.4, -0.2) is 37.2 Å². The fraction of sp³-hybridized carbons (Fsp3) is 0.706. The zero-order chi connectivity index (χ0) is 17.2. The third kappa shape index (κ3) is 4.00. The maximum atomic E-state index is 12.7. The molecule has 1 aromatic heterocycles. The molecular formula is C17H25NO5S. The Morgan fingerprint density at radius 1 is 1.08 bits per heavy atom. The molecule has 6 nitrogen and oxygen atoms in total. The predicted molar refractivity (Wildman–Crippen MR) is 90.7 cm³/mol. The van der Waals surface area contributed by atoms with Crippen LogP contribution in [0.1, 0.15) is 50.7 Å². The van der Waals surface area contributed by atoms with Gasteiger partial charge in [0.25, 0.3) is 0 Å². The maximum absolute atomic E-state index is 12.7. The van der Waals surface area contributed by atoms with Crippen LogP contribution in [0.3, 0.4) is 0 Å². The van der Waals surface area contributed by atoms with Gasteiger partial charge in [0.2, 0.25) is 10.0 Å². The fourth-order valence-electron chi connectivity index (χ4n) is 3.61. The molecule has 0 amide bonds. The summed E-state index contributed by atoms with van der Waals surface area (Å²) in [5, 5.41) is -0.204. The number of piperidine rings is 1. The largest absolute Gasteiger partial charge is 0.490 e. The summed E-state index contributed by atoms with van der Waals surface area (Å²) in [6, 6.07) is 3.02. The molecular weight excluding hydrogens is 330 g/mol. The molecule has 0 radical (unpaired) electrons. The topological polar surface area (TPSA) is 76.8 Å². The molecule has 2 heterocycles. The van der Waals surface area contributed by atoms with Crippen molar-refractivity contribution < 1.29 is 17.6 Å². The van der Waals surface area contributed by atoms with Crippen molar-refractivity contribution in [2.45, 2.75) is 63.2 Å². The van der Waals surface area contributed by atoms with Gasteiger partial charge in [-0.2, -0.15) is 0 Å². The molecule has 1 aromatic rings. The lowest BCUT2D eigenvalue weighted by Crippen LogP contribution is -2.46. The smallest absolute Gasteiger partial charge is 0.339 e. The molecule has 1 aliphatic carbocycles. The Bertz CT molecular complexity index is 713. The Morgan fingerprint density at radius 3 is 2.38 bits per heavy atom. The molecule has 0 N–H and O–H groups in total. The van der Waals surface area contributed by atoms with Crippen molar-refractivity contribution in [3.8, 4) is 5.75 Å². The lowest BCUT2D eigenvalue weighted by atomic mass is 10.0. The molecule has 0 atom stereocenters. The summed E-state index contributed by atoms with van der Waals surface area (Å²) in [6.45, 7) is 2.68. The summed E-state index contributed by atoms with van der Waals surface area (Å²) in [5.41, 5.74) is -0.428. The van der Waals surface area contributed by atoms with Crippen molar-refractivity contribution in [3.05, 3.63) is 28.3 Å². The Labute approximate surface area is 142 Å². The van der Waals surface area contributed by atoms with E-state index in [1.54, 1.807) is 17.3 Å². The van der Waals surface area contributed by atoms with E-state index in [2.05, 4.69) is 0 Å². The molecule has 7 heteroatoms. The van der Waals surface area contributed by atoms with Crippen LogP contribution in [-0.2, 0) is 10.0 Å². The summed E-state index contributed by atoms with van der Waals surface area (Å²) < 4.78 is 37.8. The number of aryl methyl sites for hydroxylation is 1. The van der Waals surface area contributed by atoms with E-state index in [0.29, 0.717) is 37.4 Å². The second-order valence-corrected chi connectivity index (χ2v) is 8.96. The van der Waals surface area contributed by atoms with Gasteiger partial charge in [-0.3, -0.25) is 0 Å². The second-order valence-electron chi connectivity index (χ2n) is 6.74. The Kier molecular flexibility index (Phi) is 5.30. The van der Waals surface area contributed by atoms with E-state index in [9.17, 15) is 13.2 Å². The van der Waals surface area contributed by atoms with Gasteiger partial charge in [0.1, 0.15) is 17.6 Å². The molecule has 2 fully saturated rings. The molecule has 1 saturated carbocycles. The highest BCUT2D eigenvalue weighted by Crippen LogP contribution is 2.28. The van der Waals surface area contributed by atoms with Crippen LogP contribution < -0.4 is 10.4 Å². The fourth-order valence-corrected chi connectivity index (χ4v) is 5.68. The van der Waals surface area contributed by atoms with E-state index < -0.39 is 15.6 Å². The quantitative estimate of drug-likeness (QED) is 0.829. The number of hydrogen-bond donors (Lipinski definition) is 0. The SMILES string of the molecule is Cc1cc(OC2CCN(S(=O)(=O)C3CCCCC3)CC2)cc(=O)o1. The summed E-state index contributed by atoms with van der Waals surface area (Å²) in [4.78, 5) is 11.4. The zero-order valence-electron chi connectivity index (χ0n) is 14.1. The molecule has 2 aliphatic rings. The monoisotopic (exact) mass is 355 g/mol. The molecule has 0 aromatic carbocycles. The van der Waals surface area contributed by atoms with Gasteiger partial charge in [-0.05, 0) is 32.6 Å². The first-order valence-electron chi connectivity index (χ1n) is 8.72. The molecule has 1 saturated heterocycles. The minimum atomic E-state index is -3.18. The predicted octanol–water partition coefficient (Wildman–Crippen LogP) is 2.45. The van der Waals surface area contributed by atoms with Crippen LogP contribution in [0.15, 0.2) is 21.3 Å². The van der Waals surface area contributed by atoms with Crippen LogP contribution in [0, 0.1) is 6.92 Å². The van der Waals surface area contributed by atoms with Crippen LogP contribution in [0.2, 0.25) is 0 Å². The van der Waals surface area contributed by atoms with Gasteiger partial charge in [0.05, 0.1) is 11.3 Å². The average molecular weight is 355 g/mol. The van der Waals surface area contributed by atoms with Gasteiger partial charge in [0.15, 0.2) is 0 Å². The first-order valence-corrected chi connectivity index (χ1v) is 10.2. The van der Waals surface area contributed by atoms with Crippen LogP contribution >= 0.6 is 0 Å². The van der Waals surface area contributed by atoms with Crippen LogP contribution in [0.5, 0.6) is 5.75 Å². The highest BCUT2D eigenvalue weighted by Gasteiger charge is 2.35. The molecule has 134 valence electrons. The van der Waals surface area contributed by atoms with Gasteiger partial charge in [-0.25, -0.2) is 17.5 Å². The van der Waals surface area contributed by atoms with E-state index in [0.717, 1.165) is 32.1 Å². The molecule has 3 rings (SSSR count). The number of ether oxygens (including phenoxy) is 1. The standard InChI is InChI=1S/C17H25NO5S/c1-13-11-15(12-17(19)22-13)23-14-7-9-18(10-8-14)24(20,21)16-5-3-2-4-6-16/h11-12,14,16H,2-10H2,1H3. The molecule has 1 aliphatic heterocycles. The molecule has 0 spiro atoms. The number of nitrogens with zero attached hydrogens (tertiary/aromatic N) is 1. The molecule has 0 bridgehead atoms. The normalized spacial score (nSPS) is 21.7. The van der Waals surface area contributed by atoms with Gasteiger partial charge < -0.3 is 9.15 Å². The summed E-state index contributed by atoms with van der Waals surface area (Å²) in [7, 11) is -3.18. The van der Waals surface area contributed by atoms with Gasteiger partial charge >= 0.3 is 5.63 Å². The van der Waals surface area contributed by atoms with Crippen molar-refractivity contribution in [3.63, 3.8) is 0 Å². The Morgan fingerprint density at radius 2 is 1.75 bits per heavy atom. The van der Waals surface area contributed by atoms with E-state index >= 15 is 0 Å². The first kappa shape index (κ1) is 17.5.